The summed E-state index contributed by atoms with van der Waals surface area (Å²) in [5, 5.41) is 13.3. The molecule has 0 saturated heterocycles. The third-order valence-corrected chi connectivity index (χ3v) is 8.81. The molecule has 0 spiro atoms. The van der Waals surface area contributed by atoms with Crippen LogP contribution in [0.3, 0.4) is 0 Å². The van der Waals surface area contributed by atoms with Crippen LogP contribution >= 0.6 is 19.8 Å². The van der Waals surface area contributed by atoms with Crippen LogP contribution in [0.4, 0.5) is 26.7 Å². The van der Waals surface area contributed by atoms with Gasteiger partial charge in [0.05, 0.1) is 18.1 Å². The zero-order valence-electron chi connectivity index (χ0n) is 37.0. The molecular formula is C48H57N3O11P2. The lowest BCUT2D eigenvalue weighted by Crippen LogP contribution is -2.27. The van der Waals surface area contributed by atoms with Crippen LogP contribution in [-0.2, 0) is 22.7 Å². The van der Waals surface area contributed by atoms with E-state index in [4.69, 9.17) is 38.9 Å². The van der Waals surface area contributed by atoms with E-state index in [9.17, 15) is 19.7 Å². The van der Waals surface area contributed by atoms with Crippen molar-refractivity contribution in [2.24, 2.45) is 0 Å². The summed E-state index contributed by atoms with van der Waals surface area (Å²) in [5.74, 6) is 3.41. The van der Waals surface area contributed by atoms with E-state index in [0.717, 1.165) is 50.9 Å². The predicted molar refractivity (Wildman–Crippen MR) is 260 cm³/mol. The molecule has 3 N–H and O–H groups in total. The van der Waals surface area contributed by atoms with Crippen LogP contribution in [0.2, 0.25) is 0 Å². The van der Waals surface area contributed by atoms with Crippen molar-refractivity contribution in [3.8, 4) is 28.7 Å². The number of benzene rings is 5. The normalized spacial score (nSPS) is 12.9. The number of nitro groups is 1. The van der Waals surface area contributed by atoms with Crippen molar-refractivity contribution in [3.05, 3.63) is 154 Å². The number of non-ortho nitro benzene ring substituents is 1. The topological polar surface area (TPSA) is 180 Å². The van der Waals surface area contributed by atoms with E-state index in [1.807, 2.05) is 114 Å². The number of nitrogen functional groups attached to an aromatic ring is 1. The van der Waals surface area contributed by atoms with Crippen LogP contribution in [0.5, 0.6) is 28.7 Å². The van der Waals surface area contributed by atoms with E-state index in [-0.39, 0.29) is 55.7 Å². The van der Waals surface area contributed by atoms with Gasteiger partial charge in [0.25, 0.3) is 5.69 Å². The number of nitrogens with one attached hydrogen (secondary N) is 1. The van der Waals surface area contributed by atoms with E-state index in [1.165, 1.54) is 24.3 Å². The molecule has 340 valence electrons. The summed E-state index contributed by atoms with van der Waals surface area (Å²) >= 11 is 0. The highest BCUT2D eigenvalue weighted by atomic mass is 31.0. The summed E-state index contributed by atoms with van der Waals surface area (Å²) in [7, 11) is 0. The molecule has 14 nitrogen and oxygen atoms in total. The quantitative estimate of drug-likeness (QED) is 0.0320. The maximum atomic E-state index is 12.0. The molecule has 0 saturated carbocycles. The van der Waals surface area contributed by atoms with Crippen LogP contribution in [0.15, 0.2) is 121 Å². The molecule has 2 aliphatic rings. The zero-order valence-corrected chi connectivity index (χ0v) is 39.8. The van der Waals surface area contributed by atoms with Crippen LogP contribution < -0.4 is 34.7 Å². The van der Waals surface area contributed by atoms with E-state index in [2.05, 4.69) is 11.4 Å². The second kappa shape index (κ2) is 24.3. The fourth-order valence-electron chi connectivity index (χ4n) is 5.76. The van der Waals surface area contributed by atoms with Gasteiger partial charge in [0.15, 0.2) is 0 Å². The lowest BCUT2D eigenvalue weighted by molar-refractivity contribution is -0.384. The lowest BCUT2D eigenvalue weighted by Gasteiger charge is -2.28. The second-order valence-electron chi connectivity index (χ2n) is 14.9. The van der Waals surface area contributed by atoms with E-state index < -0.39 is 17.2 Å². The van der Waals surface area contributed by atoms with Gasteiger partial charge in [0.2, 0.25) is 0 Å². The van der Waals surface area contributed by atoms with Gasteiger partial charge in [-0.25, -0.2) is 9.59 Å². The van der Waals surface area contributed by atoms with E-state index in [1.54, 1.807) is 30.3 Å². The number of hydrogen-bond acceptors (Lipinski definition) is 12. The van der Waals surface area contributed by atoms with Crippen LogP contribution in [0, 0.1) is 10.1 Å². The average Bonchev–Trinajstić information content (AvgIpc) is 3.24. The third-order valence-electron chi connectivity index (χ3n) is 8.81. The van der Waals surface area contributed by atoms with Gasteiger partial charge in [0.1, 0.15) is 53.2 Å². The van der Waals surface area contributed by atoms with Crippen molar-refractivity contribution in [2.75, 3.05) is 24.3 Å². The smallest absolute Gasteiger partial charge is 0.494 e. The van der Waals surface area contributed by atoms with Gasteiger partial charge < -0.3 is 38.9 Å². The molecule has 2 unspecified atom stereocenters. The van der Waals surface area contributed by atoms with Gasteiger partial charge in [0, 0.05) is 34.6 Å². The molecule has 0 aliphatic carbocycles. The van der Waals surface area contributed by atoms with Crippen molar-refractivity contribution in [1.82, 2.24) is 0 Å². The van der Waals surface area contributed by atoms with Crippen molar-refractivity contribution < 1.29 is 47.7 Å². The van der Waals surface area contributed by atoms with E-state index >= 15 is 0 Å². The molecule has 0 aromatic heterocycles. The van der Waals surface area contributed by atoms with Gasteiger partial charge in [-0.15, -0.1) is 0 Å². The Balaban J connectivity index is 0.000000263. The standard InChI is InChI=1S/C21H23NO4.C16H15NO6.C11H13NO.2H3P/c1-4-24-18-8-5-15(6-9-18)14-25-20(23)22-17-7-10-19-16(13-17)11-12-21(2,3)26-19;1-2-21-14-7-3-12(4-8-14)11-22-16(18)23-15-9-5-13(6-10-15)17(19)20;1-11(2)6-5-8-7-9(12)3-4-10(8)13-11;;/h5-13H,4,14H2,1-3H3,(H,22,23);3-10H,2,11H2,1H3;3-7H,12H2,1-2H3;2*1H3. The second-order valence-corrected chi connectivity index (χ2v) is 14.9. The first-order chi connectivity index (χ1) is 29.6. The highest BCUT2D eigenvalue weighted by molar-refractivity contribution is 6.92. The minimum Gasteiger partial charge on any atom is -0.494 e. The first-order valence-corrected chi connectivity index (χ1v) is 19.9. The molecule has 64 heavy (non-hydrogen) atoms. The average molecular weight is 914 g/mol. The van der Waals surface area contributed by atoms with Gasteiger partial charge in [-0.3, -0.25) is 15.4 Å². The fourth-order valence-corrected chi connectivity index (χ4v) is 5.76. The third kappa shape index (κ3) is 16.6. The number of nitro benzene ring substituents is 1. The summed E-state index contributed by atoms with van der Waals surface area (Å²) in [6.07, 6.45) is 6.69. The minimum absolute atomic E-state index is 0. The number of rotatable bonds is 11. The summed E-state index contributed by atoms with van der Waals surface area (Å²) in [6.45, 7) is 13.3. The summed E-state index contributed by atoms with van der Waals surface area (Å²) in [6, 6.07) is 30.9. The van der Waals surface area contributed by atoms with Crippen LogP contribution in [0.25, 0.3) is 12.2 Å². The van der Waals surface area contributed by atoms with Crippen LogP contribution in [0.1, 0.15) is 63.8 Å². The Morgan fingerprint density at radius 2 is 1.12 bits per heavy atom. The van der Waals surface area contributed by atoms with Gasteiger partial charge in [-0.1, -0.05) is 36.4 Å². The number of hydrogen-bond donors (Lipinski definition) is 2. The van der Waals surface area contributed by atoms with Gasteiger partial charge >= 0.3 is 12.2 Å². The molecule has 1 amide bonds. The van der Waals surface area contributed by atoms with E-state index in [0.29, 0.717) is 18.9 Å². The van der Waals surface area contributed by atoms with Crippen molar-refractivity contribution >= 4 is 61.3 Å². The highest BCUT2D eigenvalue weighted by Gasteiger charge is 2.22. The number of fused-ring (bicyclic) bond motifs is 2. The zero-order chi connectivity index (χ0) is 44.7. The molecule has 7 rings (SSSR count). The highest BCUT2D eigenvalue weighted by Crippen LogP contribution is 2.33. The van der Waals surface area contributed by atoms with Gasteiger partial charge in [-0.2, -0.15) is 19.8 Å². The molecule has 16 heteroatoms. The Bertz CT molecular complexity index is 2370. The van der Waals surface area contributed by atoms with Crippen molar-refractivity contribution in [1.29, 1.82) is 0 Å². The summed E-state index contributed by atoms with van der Waals surface area (Å²) in [4.78, 5) is 33.6. The summed E-state index contributed by atoms with van der Waals surface area (Å²) in [5.41, 5.74) is 10.1. The number of carbonyl (C=O) groups excluding carboxylic acids is 2. The minimum atomic E-state index is -0.882. The van der Waals surface area contributed by atoms with Gasteiger partial charge in [-0.05, 0) is 138 Å². The van der Waals surface area contributed by atoms with Crippen molar-refractivity contribution in [3.63, 3.8) is 0 Å². The van der Waals surface area contributed by atoms with Crippen molar-refractivity contribution in [2.45, 2.75) is 66.0 Å². The Kier molecular flexibility index (Phi) is 19.6. The maximum Gasteiger partial charge on any atom is 0.514 e. The molecule has 0 bridgehead atoms. The molecular weight excluding hydrogens is 856 g/mol. The Morgan fingerprint density at radius 3 is 1.62 bits per heavy atom. The molecule has 0 fully saturated rings. The molecule has 0 radical (unpaired) electrons. The maximum absolute atomic E-state index is 12.0. The fraction of sp³-hybridized carbons (Fsp3) is 0.250. The van der Waals surface area contributed by atoms with Crippen LogP contribution in [-0.4, -0.2) is 41.6 Å². The number of ether oxygens (including phenoxy) is 7. The first kappa shape index (κ1) is 51.7. The lowest BCUT2D eigenvalue weighted by atomic mass is 10.0. The SMILES string of the molecule is CC1(C)C=Cc2cc(N)ccc2O1.CCOc1ccc(COC(=O)Nc2ccc3c(c2)C=CC(C)(C)O3)cc1.CCOc1ccc(COC(=O)Oc2ccc([N+](=O)[O-])cc2)cc1.P.P. The molecule has 5 aromatic carbocycles. The number of nitrogens with two attached hydrogens (primary N) is 1. The largest absolute Gasteiger partial charge is 0.514 e. The molecule has 2 heterocycles. The first-order valence-electron chi connectivity index (χ1n) is 19.9. The summed E-state index contributed by atoms with van der Waals surface area (Å²) < 4.78 is 37.5. The Hall–Kier alpha value is -6.62. The Morgan fingerprint density at radius 1 is 0.656 bits per heavy atom. The molecule has 2 atom stereocenters. The number of anilines is 2. The number of nitrogens with zero attached hydrogens (tertiary/aromatic N) is 1. The number of amides is 1. The number of carbonyl (C=O) groups is 2. The Labute approximate surface area is 380 Å². The molecule has 2 aliphatic heterocycles. The molecule has 5 aromatic rings. The monoisotopic (exact) mass is 913 g/mol. The predicted octanol–water partition coefficient (Wildman–Crippen LogP) is 11.3.